The predicted molar refractivity (Wildman–Crippen MR) is 123 cm³/mol. The number of hydrogen-bond donors (Lipinski definition) is 1. The van der Waals surface area contributed by atoms with Crippen LogP contribution in [0.2, 0.25) is 0 Å². The molecule has 0 saturated carbocycles. The molecule has 6 nitrogen and oxygen atoms in total. The first-order chi connectivity index (χ1) is 15.1. The number of rotatable bonds is 6. The predicted octanol–water partition coefficient (Wildman–Crippen LogP) is 4.96. The van der Waals surface area contributed by atoms with Crippen LogP contribution in [0.1, 0.15) is 5.56 Å². The SMILES string of the molecule is O=C(O)COc1ccccc1C=C1SC(=Nc2ccccc2)N(c2ccccc2)C1=O. The van der Waals surface area contributed by atoms with Gasteiger partial charge in [-0.05, 0) is 48.2 Å². The average Bonchev–Trinajstić information content (AvgIpc) is 3.09. The van der Waals surface area contributed by atoms with E-state index in [1.165, 1.54) is 11.8 Å². The van der Waals surface area contributed by atoms with Crippen molar-refractivity contribution in [1.29, 1.82) is 0 Å². The van der Waals surface area contributed by atoms with E-state index in [9.17, 15) is 9.59 Å². The quantitative estimate of drug-likeness (QED) is 0.559. The van der Waals surface area contributed by atoms with Crippen LogP contribution < -0.4 is 9.64 Å². The minimum absolute atomic E-state index is 0.209. The minimum atomic E-state index is -1.07. The molecule has 0 aliphatic carbocycles. The summed E-state index contributed by atoms with van der Waals surface area (Å²) in [4.78, 5) is 30.9. The van der Waals surface area contributed by atoms with E-state index in [0.717, 1.165) is 5.69 Å². The lowest BCUT2D eigenvalue weighted by Gasteiger charge is -2.15. The molecule has 31 heavy (non-hydrogen) atoms. The largest absolute Gasteiger partial charge is 0.481 e. The third kappa shape index (κ3) is 4.84. The Hall–Kier alpha value is -3.84. The molecule has 1 aliphatic rings. The van der Waals surface area contributed by atoms with Crippen LogP contribution in [-0.2, 0) is 9.59 Å². The average molecular weight is 430 g/mol. The number of para-hydroxylation sites is 3. The first kappa shape index (κ1) is 20.4. The maximum absolute atomic E-state index is 13.3. The number of carbonyl (C=O) groups is 2. The standard InChI is InChI=1S/C24H18N2O4S/c27-22(28)16-30-20-14-8-7-9-17(20)15-21-23(29)26(19-12-5-2-6-13-19)24(31-21)25-18-10-3-1-4-11-18/h1-15H,16H2,(H,27,28). The number of hydrogen-bond acceptors (Lipinski definition) is 5. The summed E-state index contributed by atoms with van der Waals surface area (Å²) in [6.45, 7) is -0.460. The Balaban J connectivity index is 1.73. The van der Waals surface area contributed by atoms with E-state index >= 15 is 0 Å². The molecule has 0 unspecified atom stereocenters. The van der Waals surface area contributed by atoms with Crippen LogP contribution in [0.4, 0.5) is 11.4 Å². The molecule has 0 spiro atoms. The van der Waals surface area contributed by atoms with Crippen molar-refractivity contribution in [2.45, 2.75) is 0 Å². The minimum Gasteiger partial charge on any atom is -0.481 e. The molecular weight excluding hydrogens is 412 g/mol. The highest BCUT2D eigenvalue weighted by Gasteiger charge is 2.34. The van der Waals surface area contributed by atoms with Gasteiger partial charge < -0.3 is 9.84 Å². The fourth-order valence-electron chi connectivity index (χ4n) is 2.98. The molecule has 0 aromatic heterocycles. The van der Waals surface area contributed by atoms with Gasteiger partial charge in [-0.15, -0.1) is 0 Å². The number of amides is 1. The number of amidine groups is 1. The Morgan fingerprint density at radius 1 is 0.968 bits per heavy atom. The number of carboxylic acids is 1. The second kappa shape index (κ2) is 9.32. The van der Waals surface area contributed by atoms with Gasteiger partial charge in [0.2, 0.25) is 0 Å². The van der Waals surface area contributed by atoms with Gasteiger partial charge in [0.15, 0.2) is 11.8 Å². The fraction of sp³-hybridized carbons (Fsp3) is 0.0417. The van der Waals surface area contributed by atoms with Gasteiger partial charge in [0.25, 0.3) is 5.91 Å². The summed E-state index contributed by atoms with van der Waals surface area (Å²) in [7, 11) is 0. The molecule has 1 N–H and O–H groups in total. The molecular formula is C24H18N2O4S. The molecule has 0 atom stereocenters. The van der Waals surface area contributed by atoms with Crippen LogP contribution in [0.25, 0.3) is 6.08 Å². The molecule has 154 valence electrons. The Morgan fingerprint density at radius 2 is 1.61 bits per heavy atom. The zero-order valence-corrected chi connectivity index (χ0v) is 17.2. The van der Waals surface area contributed by atoms with Crippen molar-refractivity contribution in [3.05, 3.63) is 95.4 Å². The normalized spacial score (nSPS) is 16.1. The summed E-state index contributed by atoms with van der Waals surface area (Å²) in [5.41, 5.74) is 2.08. The monoisotopic (exact) mass is 430 g/mol. The van der Waals surface area contributed by atoms with E-state index in [0.29, 0.717) is 27.1 Å². The number of thioether (sulfide) groups is 1. The molecule has 3 aromatic rings. The Labute approximate surface area is 183 Å². The summed E-state index contributed by atoms with van der Waals surface area (Å²) in [5, 5.41) is 9.45. The van der Waals surface area contributed by atoms with Gasteiger partial charge in [-0.2, -0.15) is 0 Å². The number of ether oxygens (including phenoxy) is 1. The number of carboxylic acid groups (broad SMARTS) is 1. The van der Waals surface area contributed by atoms with Crippen LogP contribution in [0.3, 0.4) is 0 Å². The van der Waals surface area contributed by atoms with E-state index in [-0.39, 0.29) is 5.91 Å². The smallest absolute Gasteiger partial charge is 0.341 e. The Kier molecular flexibility index (Phi) is 6.14. The first-order valence-corrected chi connectivity index (χ1v) is 10.3. The third-order valence-corrected chi connectivity index (χ3v) is 5.33. The summed E-state index contributed by atoms with van der Waals surface area (Å²) in [6, 6.07) is 25.8. The lowest BCUT2D eigenvalue weighted by atomic mass is 10.2. The van der Waals surface area contributed by atoms with Crippen molar-refractivity contribution in [2.24, 2.45) is 4.99 Å². The molecule has 1 amide bonds. The van der Waals surface area contributed by atoms with Crippen molar-refractivity contribution < 1.29 is 19.4 Å². The van der Waals surface area contributed by atoms with Gasteiger partial charge in [0.1, 0.15) is 5.75 Å². The molecule has 4 rings (SSSR count). The number of nitrogens with zero attached hydrogens (tertiary/aromatic N) is 2. The van der Waals surface area contributed by atoms with Crippen LogP contribution in [0.5, 0.6) is 5.75 Å². The number of aliphatic imine (C=N–C) groups is 1. The van der Waals surface area contributed by atoms with Gasteiger partial charge in [0.05, 0.1) is 16.3 Å². The number of aliphatic carboxylic acids is 1. The van der Waals surface area contributed by atoms with Crippen molar-refractivity contribution in [1.82, 2.24) is 0 Å². The van der Waals surface area contributed by atoms with Gasteiger partial charge >= 0.3 is 5.97 Å². The molecule has 0 radical (unpaired) electrons. The molecule has 3 aromatic carbocycles. The zero-order chi connectivity index (χ0) is 21.6. The van der Waals surface area contributed by atoms with E-state index in [2.05, 4.69) is 4.99 Å². The summed E-state index contributed by atoms with van der Waals surface area (Å²) >= 11 is 1.26. The van der Waals surface area contributed by atoms with Crippen LogP contribution >= 0.6 is 11.8 Å². The summed E-state index contributed by atoms with van der Waals surface area (Å²) in [6.07, 6.45) is 1.70. The van der Waals surface area contributed by atoms with E-state index < -0.39 is 12.6 Å². The number of carbonyl (C=O) groups excluding carboxylic acids is 1. The van der Waals surface area contributed by atoms with Gasteiger partial charge in [-0.3, -0.25) is 9.69 Å². The van der Waals surface area contributed by atoms with E-state index in [1.54, 1.807) is 35.2 Å². The van der Waals surface area contributed by atoms with Crippen molar-refractivity contribution in [3.63, 3.8) is 0 Å². The number of benzene rings is 3. The van der Waals surface area contributed by atoms with Crippen LogP contribution in [-0.4, -0.2) is 28.8 Å². The molecule has 1 heterocycles. The highest BCUT2D eigenvalue weighted by atomic mass is 32.2. The van der Waals surface area contributed by atoms with Gasteiger partial charge in [-0.1, -0.05) is 54.6 Å². The van der Waals surface area contributed by atoms with E-state index in [4.69, 9.17) is 9.84 Å². The van der Waals surface area contributed by atoms with Crippen molar-refractivity contribution >= 4 is 46.3 Å². The zero-order valence-electron chi connectivity index (χ0n) is 16.3. The van der Waals surface area contributed by atoms with Crippen LogP contribution in [0, 0.1) is 0 Å². The topological polar surface area (TPSA) is 79.2 Å². The van der Waals surface area contributed by atoms with Crippen LogP contribution in [0.15, 0.2) is 94.8 Å². The molecule has 1 fully saturated rings. The van der Waals surface area contributed by atoms with Gasteiger partial charge in [0, 0.05) is 5.56 Å². The molecule has 7 heteroatoms. The first-order valence-electron chi connectivity index (χ1n) is 9.48. The number of anilines is 1. The Morgan fingerprint density at radius 3 is 2.32 bits per heavy atom. The second-order valence-electron chi connectivity index (χ2n) is 6.54. The van der Waals surface area contributed by atoms with Crippen molar-refractivity contribution in [2.75, 3.05) is 11.5 Å². The molecule has 1 saturated heterocycles. The van der Waals surface area contributed by atoms with E-state index in [1.807, 2.05) is 60.7 Å². The maximum Gasteiger partial charge on any atom is 0.341 e. The molecule has 0 bridgehead atoms. The highest BCUT2D eigenvalue weighted by molar-refractivity contribution is 8.19. The lowest BCUT2D eigenvalue weighted by molar-refractivity contribution is -0.139. The summed E-state index contributed by atoms with van der Waals surface area (Å²) in [5.74, 6) is -0.884. The summed E-state index contributed by atoms with van der Waals surface area (Å²) < 4.78 is 5.37. The van der Waals surface area contributed by atoms with Gasteiger partial charge in [-0.25, -0.2) is 9.79 Å². The fourth-order valence-corrected chi connectivity index (χ4v) is 3.97. The van der Waals surface area contributed by atoms with Crippen molar-refractivity contribution in [3.8, 4) is 5.75 Å². The third-order valence-electron chi connectivity index (χ3n) is 4.36. The maximum atomic E-state index is 13.3. The highest BCUT2D eigenvalue weighted by Crippen LogP contribution is 2.38. The Bertz CT molecular complexity index is 1160. The second-order valence-corrected chi connectivity index (χ2v) is 7.55. The lowest BCUT2D eigenvalue weighted by Crippen LogP contribution is -2.28. The molecule has 1 aliphatic heterocycles.